The van der Waals surface area contributed by atoms with Crippen LogP contribution in [0, 0.1) is 0 Å². The van der Waals surface area contributed by atoms with E-state index in [0.29, 0.717) is 0 Å². The maximum Gasteiger partial charge on any atom is 0.0647 e. The lowest BCUT2D eigenvalue weighted by molar-refractivity contribution is 1.28. The Kier molecular flexibility index (Phi) is 15.6. The van der Waals surface area contributed by atoms with Crippen LogP contribution in [-0.4, -0.2) is 0 Å². The molecule has 0 amide bonds. The molecule has 422 valence electrons. The van der Waals surface area contributed by atoms with E-state index in [0.717, 1.165) is 84.9 Å². The Labute approximate surface area is 537 Å². The quantitative estimate of drug-likeness (QED) is 0.0849. The van der Waals surface area contributed by atoms with Gasteiger partial charge in [0.2, 0.25) is 0 Å². The van der Waals surface area contributed by atoms with E-state index in [2.05, 4.69) is 339 Å². The topological polar surface area (TPSA) is 13.0 Å². The monoisotopic (exact) mass is 1240 g/mol. The average Bonchev–Trinajstić information content (AvgIpc) is 1.94. The van der Waals surface area contributed by atoms with E-state index in [1.807, 2.05) is 0 Å². The third kappa shape index (κ3) is 10.5. The molecule has 6 aromatic heterocycles. The first-order valence-corrected chi connectivity index (χ1v) is 34.6. The van der Waals surface area contributed by atoms with Crippen LogP contribution >= 0.6 is 68.0 Å². The Bertz CT molecular complexity index is 4170. The predicted octanol–water partition coefficient (Wildman–Crippen LogP) is 25.9. The normalized spacial score (nSPS) is 11.2. The first-order valence-electron chi connectivity index (χ1n) is 28.9. The number of hydrogen-bond donors (Lipinski definition) is 0. The fraction of sp³-hybridized carbons (Fsp3) is 0. The first-order chi connectivity index (χ1) is 43.7. The zero-order valence-electron chi connectivity index (χ0n) is 47.4. The van der Waals surface area contributed by atoms with Crippen LogP contribution in [0.4, 0.5) is 68.2 Å². The highest BCUT2D eigenvalue weighted by Crippen LogP contribution is 2.56. The van der Waals surface area contributed by atoms with E-state index >= 15 is 0 Å². The third-order valence-corrected chi connectivity index (χ3v) is 20.3. The largest absolute Gasteiger partial charge is 0.309 e. The van der Waals surface area contributed by atoms with Gasteiger partial charge in [0.15, 0.2) is 0 Å². The molecule has 0 aliphatic heterocycles. The summed E-state index contributed by atoms with van der Waals surface area (Å²) in [7, 11) is 0. The minimum Gasteiger partial charge on any atom is -0.309 e. The summed E-state index contributed by atoms with van der Waals surface area (Å²) < 4.78 is 0. The van der Waals surface area contributed by atoms with Crippen molar-refractivity contribution in [2.24, 2.45) is 0 Å². The molecule has 0 bridgehead atoms. The van der Waals surface area contributed by atoms with Crippen molar-refractivity contribution in [2.45, 2.75) is 0 Å². The number of hydrogen-bond acceptors (Lipinski definition) is 10. The van der Waals surface area contributed by atoms with Crippen LogP contribution in [-0.2, 0) is 0 Å². The van der Waals surface area contributed by atoms with E-state index in [1.54, 1.807) is 68.0 Å². The summed E-state index contributed by atoms with van der Waals surface area (Å²) in [5, 5.41) is 27.9. The van der Waals surface area contributed by atoms with Gasteiger partial charge in [0.25, 0.3) is 0 Å². The maximum absolute atomic E-state index is 2.56. The molecule has 88 heavy (non-hydrogen) atoms. The van der Waals surface area contributed by atoms with Crippen LogP contribution in [0.5, 0.6) is 0 Å². The highest BCUT2D eigenvalue weighted by molar-refractivity contribution is 7.11. The predicted molar refractivity (Wildman–Crippen MR) is 385 cm³/mol. The third-order valence-electron chi connectivity index (χ3n) is 15.9. The summed E-state index contributed by atoms with van der Waals surface area (Å²) in [6, 6.07) is 91.6. The highest BCUT2D eigenvalue weighted by atomic mass is 32.1. The minimum absolute atomic E-state index is 1.07. The van der Waals surface area contributed by atoms with Crippen LogP contribution < -0.4 is 19.6 Å². The van der Waals surface area contributed by atoms with Gasteiger partial charge in [-0.2, -0.15) is 34.0 Å². The summed E-state index contributed by atoms with van der Waals surface area (Å²) in [6.07, 6.45) is 0. The molecule has 0 aliphatic rings. The number of rotatable bonds is 18. The molecule has 0 aliphatic carbocycles. The Balaban J connectivity index is 0.927. The number of thiophene rings is 6. The van der Waals surface area contributed by atoms with Gasteiger partial charge in [-0.1, -0.05) is 164 Å². The summed E-state index contributed by atoms with van der Waals surface area (Å²) in [5.41, 5.74) is 27.3. The van der Waals surface area contributed by atoms with Crippen molar-refractivity contribution in [2.75, 3.05) is 19.6 Å². The summed E-state index contributed by atoms with van der Waals surface area (Å²) in [6.45, 7) is 0. The molecule has 0 atom stereocenters. The van der Waals surface area contributed by atoms with Crippen LogP contribution in [0.3, 0.4) is 0 Å². The highest BCUT2D eigenvalue weighted by Gasteiger charge is 2.30. The van der Waals surface area contributed by atoms with Gasteiger partial charge in [-0.15, -0.1) is 34.0 Å². The molecule has 6 heterocycles. The molecule has 0 N–H and O–H groups in total. The van der Waals surface area contributed by atoms with E-state index in [1.165, 1.54) is 50.1 Å². The lowest BCUT2D eigenvalue weighted by Gasteiger charge is -2.32. The molecule has 4 nitrogen and oxygen atoms in total. The number of para-hydroxylation sites is 9. The second kappa shape index (κ2) is 25.0. The molecule has 9 aromatic carbocycles. The van der Waals surface area contributed by atoms with Crippen molar-refractivity contribution in [3.8, 4) is 66.8 Å². The number of benzene rings is 9. The van der Waals surface area contributed by atoms with Crippen molar-refractivity contribution >= 4 is 136 Å². The van der Waals surface area contributed by atoms with Gasteiger partial charge in [-0.25, -0.2) is 0 Å². The lowest BCUT2D eigenvalue weighted by atomic mass is 9.93. The molecular weight excluding hydrogens is 1190 g/mol. The maximum atomic E-state index is 2.56. The average molecular weight is 1240 g/mol. The molecule has 0 saturated heterocycles. The Morgan fingerprint density at radius 2 is 0.318 bits per heavy atom. The SMILES string of the molecule is c1ccc(N(c2ccccc2)c2cscc2-c2cscc2-c2ccccc2N(c2ccccc2-c2cscc2-c2cscc2N(c2ccccc2)c2ccccc2)c2ccccc2-c2cscc2-c2cscc2N(c2ccccc2)c2ccccc2)cc1. The van der Waals surface area contributed by atoms with Crippen molar-refractivity contribution in [1.82, 2.24) is 0 Å². The molecule has 0 saturated carbocycles. The van der Waals surface area contributed by atoms with Crippen LogP contribution in [0.2, 0.25) is 0 Å². The van der Waals surface area contributed by atoms with Crippen LogP contribution in [0.15, 0.2) is 319 Å². The molecule has 0 fully saturated rings. The second-order valence-corrected chi connectivity index (χ2v) is 25.5. The molecule has 15 rings (SSSR count). The summed E-state index contributed by atoms with van der Waals surface area (Å²) >= 11 is 10.5. The molecular formula is C78H54N4S6. The first kappa shape index (κ1) is 55.0. The van der Waals surface area contributed by atoms with Gasteiger partial charge < -0.3 is 19.6 Å². The van der Waals surface area contributed by atoms with Crippen molar-refractivity contribution in [1.29, 1.82) is 0 Å². The van der Waals surface area contributed by atoms with Gasteiger partial charge in [0, 0.05) is 133 Å². The lowest BCUT2D eigenvalue weighted by Crippen LogP contribution is -2.14. The van der Waals surface area contributed by atoms with Gasteiger partial charge in [-0.05, 0) is 123 Å². The van der Waals surface area contributed by atoms with Gasteiger partial charge in [-0.3, -0.25) is 0 Å². The van der Waals surface area contributed by atoms with Crippen molar-refractivity contribution < 1.29 is 0 Å². The summed E-state index contributed by atoms with van der Waals surface area (Å²) in [4.78, 5) is 9.74. The Morgan fingerprint density at radius 3 is 0.557 bits per heavy atom. The fourth-order valence-corrected chi connectivity index (χ4v) is 16.9. The van der Waals surface area contributed by atoms with Crippen molar-refractivity contribution in [3.63, 3.8) is 0 Å². The van der Waals surface area contributed by atoms with Crippen LogP contribution in [0.1, 0.15) is 0 Å². The molecule has 0 unspecified atom stereocenters. The molecule has 10 heteroatoms. The smallest absolute Gasteiger partial charge is 0.0647 e. The standard InChI is InChI=1S/C78H54N4S6/c1-7-25-55(26-8-1)79(56-27-9-2-10-28-56)76-52-86-49-70(76)67-46-83-43-64(67)61-37-19-22-40-73(61)82(74-41-23-20-38-62(74)65-44-84-47-68(65)71-50-87-53-77(71)80(57-29-11-3-12-30-57)58-31-13-4-14-32-58)75-42-24-21-39-63(75)66-45-85-48-69(66)72-51-88-54-78(72)81(59-33-15-5-16-34-59)60-35-17-6-18-36-60/h1-54H. The minimum atomic E-state index is 1.07. The second-order valence-electron chi connectivity index (χ2n) is 21.0. The fourth-order valence-electron chi connectivity index (χ4n) is 12.0. The van der Waals surface area contributed by atoms with E-state index in [-0.39, 0.29) is 0 Å². The zero-order chi connectivity index (χ0) is 58.6. The number of anilines is 12. The Morgan fingerprint density at radius 1 is 0.136 bits per heavy atom. The molecule has 15 aromatic rings. The van der Waals surface area contributed by atoms with E-state index < -0.39 is 0 Å². The van der Waals surface area contributed by atoms with Crippen molar-refractivity contribution in [3.05, 3.63) is 319 Å². The molecule has 0 spiro atoms. The van der Waals surface area contributed by atoms with Gasteiger partial charge in [0.05, 0.1) is 34.1 Å². The van der Waals surface area contributed by atoms with E-state index in [9.17, 15) is 0 Å². The van der Waals surface area contributed by atoms with Crippen LogP contribution in [0.25, 0.3) is 66.8 Å². The van der Waals surface area contributed by atoms with E-state index in [4.69, 9.17) is 0 Å². The molecule has 0 radical (unpaired) electrons. The van der Waals surface area contributed by atoms with Gasteiger partial charge >= 0.3 is 0 Å². The zero-order valence-corrected chi connectivity index (χ0v) is 52.3. The Hall–Kier alpha value is -9.62. The van der Waals surface area contributed by atoms with Gasteiger partial charge in [0.1, 0.15) is 0 Å². The summed E-state index contributed by atoms with van der Waals surface area (Å²) in [5.74, 6) is 0. The number of nitrogens with zero attached hydrogens (tertiary/aromatic N) is 4.